The lowest BCUT2D eigenvalue weighted by molar-refractivity contribution is 0.296. The van der Waals surface area contributed by atoms with Crippen molar-refractivity contribution in [1.82, 2.24) is 4.98 Å². The molecular weight excluding hydrogens is 292 g/mol. The van der Waals surface area contributed by atoms with Gasteiger partial charge in [0.15, 0.2) is 0 Å². The average molecular weight is 308 g/mol. The summed E-state index contributed by atoms with van der Waals surface area (Å²) >= 11 is 0. The van der Waals surface area contributed by atoms with Crippen LogP contribution in [0.4, 0.5) is 0 Å². The highest BCUT2D eigenvalue weighted by molar-refractivity contribution is 7.89. The summed E-state index contributed by atoms with van der Waals surface area (Å²) in [5.74, 6) is 1.09. The molecule has 0 radical (unpaired) electrons. The van der Waals surface area contributed by atoms with Gasteiger partial charge in [0.05, 0.1) is 17.7 Å². The van der Waals surface area contributed by atoms with Crippen molar-refractivity contribution in [1.29, 1.82) is 0 Å². The minimum Gasteiger partial charge on any atom is -0.487 e. The number of primary sulfonamides is 1. The molecule has 2 aromatic rings. The Morgan fingerprint density at radius 2 is 2.00 bits per heavy atom. The van der Waals surface area contributed by atoms with Crippen LogP contribution in [0, 0.1) is 6.92 Å². The lowest BCUT2D eigenvalue weighted by atomic mass is 10.2. The molecule has 0 spiro atoms. The van der Waals surface area contributed by atoms with Gasteiger partial charge < -0.3 is 9.47 Å². The molecular formula is C14H16N2O4S. The molecule has 0 fully saturated rings. The van der Waals surface area contributed by atoms with Crippen LogP contribution < -0.4 is 14.6 Å². The monoisotopic (exact) mass is 308 g/mol. The number of pyridine rings is 1. The molecule has 1 heterocycles. The fourth-order valence-electron chi connectivity index (χ4n) is 1.76. The molecule has 112 valence electrons. The van der Waals surface area contributed by atoms with Crippen molar-refractivity contribution in [3.63, 3.8) is 0 Å². The highest BCUT2D eigenvalue weighted by atomic mass is 32.2. The molecule has 0 aliphatic carbocycles. The number of ether oxygens (including phenoxy) is 2. The van der Waals surface area contributed by atoms with E-state index in [1.807, 2.05) is 12.1 Å². The third-order valence-corrected chi connectivity index (χ3v) is 3.75. The molecule has 0 unspecified atom stereocenters. The van der Waals surface area contributed by atoms with E-state index >= 15 is 0 Å². The van der Waals surface area contributed by atoms with Gasteiger partial charge in [0, 0.05) is 6.07 Å². The molecule has 0 aliphatic rings. The number of aromatic nitrogens is 1. The van der Waals surface area contributed by atoms with Gasteiger partial charge >= 0.3 is 0 Å². The summed E-state index contributed by atoms with van der Waals surface area (Å²) in [6.45, 7) is 2.01. The second kappa shape index (κ2) is 6.11. The van der Waals surface area contributed by atoms with Gasteiger partial charge in [-0.3, -0.25) is 0 Å². The first-order valence-corrected chi connectivity index (χ1v) is 7.71. The van der Waals surface area contributed by atoms with Crippen LogP contribution in [0.2, 0.25) is 0 Å². The van der Waals surface area contributed by atoms with Crippen LogP contribution in [-0.4, -0.2) is 20.5 Å². The zero-order valence-electron chi connectivity index (χ0n) is 11.7. The van der Waals surface area contributed by atoms with Crippen LogP contribution >= 0.6 is 0 Å². The van der Waals surface area contributed by atoms with E-state index in [0.717, 1.165) is 0 Å². The molecule has 0 aliphatic heterocycles. The molecule has 21 heavy (non-hydrogen) atoms. The first-order valence-electron chi connectivity index (χ1n) is 6.16. The maximum atomic E-state index is 11.3. The van der Waals surface area contributed by atoms with Crippen molar-refractivity contribution in [2.45, 2.75) is 18.4 Å². The molecule has 0 saturated heterocycles. The molecule has 0 bridgehead atoms. The largest absolute Gasteiger partial charge is 0.487 e. The summed E-state index contributed by atoms with van der Waals surface area (Å²) in [7, 11) is -2.16. The molecule has 0 saturated carbocycles. The van der Waals surface area contributed by atoms with Crippen molar-refractivity contribution in [3.05, 3.63) is 47.7 Å². The maximum Gasteiger partial charge on any atom is 0.238 e. The van der Waals surface area contributed by atoms with Crippen molar-refractivity contribution in [3.8, 4) is 11.6 Å². The molecule has 6 nitrogen and oxygen atoms in total. The third kappa shape index (κ3) is 3.93. The summed E-state index contributed by atoms with van der Waals surface area (Å²) in [5, 5.41) is 5.08. The topological polar surface area (TPSA) is 91.5 Å². The molecule has 7 heteroatoms. The van der Waals surface area contributed by atoms with E-state index in [9.17, 15) is 8.42 Å². The van der Waals surface area contributed by atoms with E-state index in [1.165, 1.54) is 12.1 Å². The second-order valence-corrected chi connectivity index (χ2v) is 5.99. The summed E-state index contributed by atoms with van der Waals surface area (Å²) in [5.41, 5.74) is 1.40. The number of nitrogens with zero attached hydrogens (tertiary/aromatic N) is 1. The van der Waals surface area contributed by atoms with Crippen LogP contribution in [-0.2, 0) is 16.6 Å². The Hall–Kier alpha value is -2.12. The molecule has 2 N–H and O–H groups in total. The van der Waals surface area contributed by atoms with Crippen LogP contribution in [0.1, 0.15) is 11.3 Å². The smallest absolute Gasteiger partial charge is 0.238 e. The lowest BCUT2D eigenvalue weighted by Gasteiger charge is -2.10. The average Bonchev–Trinajstić information content (AvgIpc) is 2.45. The van der Waals surface area contributed by atoms with E-state index in [0.29, 0.717) is 22.9 Å². The predicted octanol–water partition coefficient (Wildman–Crippen LogP) is 1.63. The van der Waals surface area contributed by atoms with E-state index in [2.05, 4.69) is 4.98 Å². The number of hydrogen-bond acceptors (Lipinski definition) is 5. The molecule has 0 atom stereocenters. The fourth-order valence-corrected chi connectivity index (χ4v) is 2.36. The van der Waals surface area contributed by atoms with E-state index in [-0.39, 0.29) is 11.5 Å². The summed E-state index contributed by atoms with van der Waals surface area (Å²) in [6.07, 6.45) is 0. The Bertz CT molecular complexity index is 744. The van der Waals surface area contributed by atoms with Crippen LogP contribution in [0.3, 0.4) is 0 Å². The van der Waals surface area contributed by atoms with E-state index in [1.54, 1.807) is 26.2 Å². The second-order valence-electron chi connectivity index (χ2n) is 4.43. The molecule has 1 aromatic carbocycles. The van der Waals surface area contributed by atoms with Crippen molar-refractivity contribution < 1.29 is 17.9 Å². The Kier molecular flexibility index (Phi) is 4.44. The summed E-state index contributed by atoms with van der Waals surface area (Å²) in [4.78, 5) is 4.29. The summed E-state index contributed by atoms with van der Waals surface area (Å²) in [6, 6.07) is 9.85. The first-order chi connectivity index (χ1) is 9.90. The molecule has 0 amide bonds. The van der Waals surface area contributed by atoms with Gasteiger partial charge in [-0.25, -0.2) is 18.5 Å². The highest BCUT2D eigenvalue weighted by Gasteiger charge is 2.10. The summed E-state index contributed by atoms with van der Waals surface area (Å²) < 4.78 is 33.2. The zero-order valence-corrected chi connectivity index (χ0v) is 12.6. The van der Waals surface area contributed by atoms with Crippen molar-refractivity contribution in [2.75, 3.05) is 7.11 Å². The van der Waals surface area contributed by atoms with Gasteiger partial charge in [-0.2, -0.15) is 0 Å². The Labute approximate surface area is 123 Å². The Morgan fingerprint density at radius 1 is 1.24 bits per heavy atom. The quantitative estimate of drug-likeness (QED) is 0.906. The van der Waals surface area contributed by atoms with Crippen LogP contribution in [0.5, 0.6) is 11.6 Å². The third-order valence-electron chi connectivity index (χ3n) is 2.84. The number of methoxy groups -OCH3 is 1. The number of rotatable bonds is 5. The number of sulfonamides is 1. The molecule has 2 rings (SSSR count). The van der Waals surface area contributed by atoms with Gasteiger partial charge in [-0.1, -0.05) is 6.07 Å². The fraction of sp³-hybridized carbons (Fsp3) is 0.214. The maximum absolute atomic E-state index is 11.3. The van der Waals surface area contributed by atoms with Crippen LogP contribution in [0.15, 0.2) is 41.3 Å². The highest BCUT2D eigenvalue weighted by Crippen LogP contribution is 2.22. The number of nitrogens with two attached hydrogens (primary N) is 1. The standard InChI is InChI=1S/C14H16N2O4S/c1-10-8-12(21(15,17)18)6-7-13(10)20-9-11-4-3-5-14(16-11)19-2/h3-8H,9H2,1-2H3,(H2,15,17,18). The molecule has 1 aromatic heterocycles. The lowest BCUT2D eigenvalue weighted by Crippen LogP contribution is -2.12. The zero-order chi connectivity index (χ0) is 15.5. The van der Waals surface area contributed by atoms with Crippen molar-refractivity contribution >= 4 is 10.0 Å². The Balaban J connectivity index is 2.13. The van der Waals surface area contributed by atoms with Crippen molar-refractivity contribution in [2.24, 2.45) is 5.14 Å². The minimum atomic E-state index is -3.70. The van der Waals surface area contributed by atoms with Gasteiger partial charge in [0.2, 0.25) is 15.9 Å². The normalized spacial score (nSPS) is 11.2. The first kappa shape index (κ1) is 15.3. The van der Waals surface area contributed by atoms with E-state index in [4.69, 9.17) is 14.6 Å². The Morgan fingerprint density at radius 3 is 2.62 bits per heavy atom. The van der Waals surface area contributed by atoms with Gasteiger partial charge in [0.1, 0.15) is 12.4 Å². The van der Waals surface area contributed by atoms with Crippen LogP contribution in [0.25, 0.3) is 0 Å². The number of aryl methyl sites for hydroxylation is 1. The van der Waals surface area contributed by atoms with E-state index < -0.39 is 10.0 Å². The number of hydrogen-bond donors (Lipinski definition) is 1. The van der Waals surface area contributed by atoms with Gasteiger partial charge in [-0.05, 0) is 36.8 Å². The SMILES string of the molecule is COc1cccc(COc2ccc(S(N)(=O)=O)cc2C)n1. The van der Waals surface area contributed by atoms with Gasteiger partial charge in [0.25, 0.3) is 0 Å². The predicted molar refractivity (Wildman–Crippen MR) is 77.7 cm³/mol. The number of benzene rings is 1. The minimum absolute atomic E-state index is 0.0619. The van der Waals surface area contributed by atoms with Gasteiger partial charge in [-0.15, -0.1) is 0 Å².